The molecule has 19 heavy (non-hydrogen) atoms. The number of carbonyl (C=O) groups excluding carboxylic acids is 1. The number of methoxy groups -OCH3 is 2. The standard InChI is InChI=1S/C14H20O5/c1-14(2,16)13(15)10-5-7-11(8-6-10)19-9-12(17-3)18-4/h5-8,12,16H,9H2,1-4H3. The number of hydrogen-bond donors (Lipinski definition) is 1. The summed E-state index contributed by atoms with van der Waals surface area (Å²) in [5.74, 6) is 0.275. The van der Waals surface area contributed by atoms with Gasteiger partial charge in [0, 0.05) is 19.8 Å². The van der Waals surface area contributed by atoms with E-state index in [1.165, 1.54) is 28.1 Å². The molecule has 0 heterocycles. The summed E-state index contributed by atoms with van der Waals surface area (Å²) in [7, 11) is 3.06. The van der Waals surface area contributed by atoms with E-state index in [1.807, 2.05) is 0 Å². The number of aliphatic hydroxyl groups is 1. The SMILES string of the molecule is COC(COc1ccc(C(=O)C(C)(C)O)cc1)OC. The van der Waals surface area contributed by atoms with Crippen molar-refractivity contribution in [2.45, 2.75) is 25.7 Å². The van der Waals surface area contributed by atoms with Crippen LogP contribution < -0.4 is 4.74 Å². The van der Waals surface area contributed by atoms with Crippen molar-refractivity contribution in [3.63, 3.8) is 0 Å². The van der Waals surface area contributed by atoms with Gasteiger partial charge in [0.1, 0.15) is 18.0 Å². The van der Waals surface area contributed by atoms with Gasteiger partial charge in [-0.1, -0.05) is 0 Å². The third-order valence-corrected chi connectivity index (χ3v) is 2.58. The predicted octanol–water partition coefficient (Wildman–Crippen LogP) is 1.64. The van der Waals surface area contributed by atoms with Gasteiger partial charge in [-0.3, -0.25) is 4.79 Å². The molecule has 1 aromatic carbocycles. The van der Waals surface area contributed by atoms with Crippen molar-refractivity contribution in [1.29, 1.82) is 0 Å². The highest BCUT2D eigenvalue weighted by atomic mass is 16.7. The third kappa shape index (κ3) is 4.63. The Kier molecular flexibility index (Phi) is 5.47. The Morgan fingerprint density at radius 3 is 2.16 bits per heavy atom. The lowest BCUT2D eigenvalue weighted by Gasteiger charge is -2.16. The topological polar surface area (TPSA) is 65.0 Å². The van der Waals surface area contributed by atoms with Gasteiger partial charge in [-0.05, 0) is 38.1 Å². The third-order valence-electron chi connectivity index (χ3n) is 2.58. The Labute approximate surface area is 113 Å². The van der Waals surface area contributed by atoms with E-state index >= 15 is 0 Å². The minimum absolute atomic E-state index is 0.256. The minimum atomic E-state index is -1.38. The van der Waals surface area contributed by atoms with E-state index in [0.717, 1.165) is 0 Å². The molecule has 0 atom stereocenters. The molecule has 0 aliphatic rings. The maximum atomic E-state index is 11.8. The molecule has 1 rings (SSSR count). The molecule has 5 nitrogen and oxygen atoms in total. The lowest BCUT2D eigenvalue weighted by molar-refractivity contribution is -0.121. The monoisotopic (exact) mass is 268 g/mol. The van der Waals surface area contributed by atoms with Gasteiger partial charge in [-0.25, -0.2) is 0 Å². The van der Waals surface area contributed by atoms with Crippen LogP contribution in [0.25, 0.3) is 0 Å². The summed E-state index contributed by atoms with van der Waals surface area (Å²) < 4.78 is 15.4. The molecule has 5 heteroatoms. The van der Waals surface area contributed by atoms with Crippen molar-refractivity contribution < 1.29 is 24.1 Å². The molecule has 0 aromatic heterocycles. The van der Waals surface area contributed by atoms with Crippen LogP contribution >= 0.6 is 0 Å². The number of carbonyl (C=O) groups is 1. The van der Waals surface area contributed by atoms with Gasteiger partial charge in [-0.2, -0.15) is 0 Å². The second-order valence-corrected chi connectivity index (χ2v) is 4.62. The first kappa shape index (κ1) is 15.6. The Morgan fingerprint density at radius 1 is 1.21 bits per heavy atom. The smallest absolute Gasteiger partial charge is 0.193 e. The quantitative estimate of drug-likeness (QED) is 0.601. The number of hydrogen-bond acceptors (Lipinski definition) is 5. The molecular weight excluding hydrogens is 248 g/mol. The highest BCUT2D eigenvalue weighted by Crippen LogP contribution is 2.17. The minimum Gasteiger partial charge on any atom is -0.488 e. The van der Waals surface area contributed by atoms with E-state index in [9.17, 15) is 9.90 Å². The summed E-state index contributed by atoms with van der Waals surface area (Å²) in [6.45, 7) is 3.18. The lowest BCUT2D eigenvalue weighted by atomic mass is 9.97. The molecule has 0 radical (unpaired) electrons. The summed E-state index contributed by atoms with van der Waals surface area (Å²) in [6, 6.07) is 6.57. The Bertz CT molecular complexity index is 401. The molecule has 106 valence electrons. The van der Waals surface area contributed by atoms with Gasteiger partial charge >= 0.3 is 0 Å². The Balaban J connectivity index is 2.64. The fourth-order valence-electron chi connectivity index (χ4n) is 1.45. The van der Waals surface area contributed by atoms with Crippen LogP contribution in [-0.2, 0) is 9.47 Å². The van der Waals surface area contributed by atoms with Crippen molar-refractivity contribution in [2.24, 2.45) is 0 Å². The van der Waals surface area contributed by atoms with E-state index < -0.39 is 11.9 Å². The van der Waals surface area contributed by atoms with Crippen LogP contribution in [0, 0.1) is 0 Å². The Hall–Kier alpha value is -1.43. The van der Waals surface area contributed by atoms with Crippen LogP contribution in [0.4, 0.5) is 0 Å². The van der Waals surface area contributed by atoms with Crippen molar-refractivity contribution >= 4 is 5.78 Å². The van der Waals surface area contributed by atoms with Crippen molar-refractivity contribution in [3.8, 4) is 5.75 Å². The maximum Gasteiger partial charge on any atom is 0.193 e. The molecule has 0 spiro atoms. The van der Waals surface area contributed by atoms with Gasteiger partial charge in [0.25, 0.3) is 0 Å². The molecule has 0 unspecified atom stereocenters. The van der Waals surface area contributed by atoms with E-state index in [1.54, 1.807) is 24.3 Å². The molecule has 0 aliphatic carbocycles. The fourth-order valence-corrected chi connectivity index (χ4v) is 1.45. The first-order valence-corrected chi connectivity index (χ1v) is 5.94. The summed E-state index contributed by atoms with van der Waals surface area (Å²) in [4.78, 5) is 11.8. The molecule has 1 aromatic rings. The maximum absolute atomic E-state index is 11.8. The molecular formula is C14H20O5. The predicted molar refractivity (Wildman–Crippen MR) is 70.4 cm³/mol. The first-order valence-electron chi connectivity index (χ1n) is 5.94. The first-order chi connectivity index (χ1) is 8.88. The molecule has 0 fully saturated rings. The van der Waals surface area contributed by atoms with Crippen molar-refractivity contribution in [2.75, 3.05) is 20.8 Å². The van der Waals surface area contributed by atoms with E-state index in [2.05, 4.69) is 0 Å². The van der Waals surface area contributed by atoms with Gasteiger partial charge in [0.2, 0.25) is 0 Å². The zero-order valence-electron chi connectivity index (χ0n) is 11.7. The molecule has 0 bridgehead atoms. The highest BCUT2D eigenvalue weighted by Gasteiger charge is 2.24. The highest BCUT2D eigenvalue weighted by molar-refractivity contribution is 6.01. The number of ether oxygens (including phenoxy) is 3. The van der Waals surface area contributed by atoms with Gasteiger partial charge < -0.3 is 19.3 Å². The second-order valence-electron chi connectivity index (χ2n) is 4.62. The van der Waals surface area contributed by atoms with Crippen LogP contribution in [0.2, 0.25) is 0 Å². The number of ketones is 1. The van der Waals surface area contributed by atoms with Crippen LogP contribution in [0.15, 0.2) is 24.3 Å². The average molecular weight is 268 g/mol. The molecule has 0 amide bonds. The summed E-state index contributed by atoms with van der Waals surface area (Å²) >= 11 is 0. The normalized spacial score (nSPS) is 11.7. The number of rotatable bonds is 7. The second kappa shape index (κ2) is 6.65. The average Bonchev–Trinajstić information content (AvgIpc) is 2.39. The van der Waals surface area contributed by atoms with Crippen LogP contribution in [-0.4, -0.2) is 43.6 Å². The lowest BCUT2D eigenvalue weighted by Crippen LogP contribution is -2.31. The van der Waals surface area contributed by atoms with Gasteiger partial charge in [0.05, 0.1) is 0 Å². The zero-order valence-corrected chi connectivity index (χ0v) is 11.7. The molecule has 1 N–H and O–H groups in total. The summed E-state index contributed by atoms with van der Waals surface area (Å²) in [6.07, 6.45) is -0.433. The largest absolute Gasteiger partial charge is 0.488 e. The zero-order chi connectivity index (χ0) is 14.5. The summed E-state index contributed by atoms with van der Waals surface area (Å²) in [5.41, 5.74) is -0.936. The van der Waals surface area contributed by atoms with Crippen molar-refractivity contribution in [3.05, 3.63) is 29.8 Å². The van der Waals surface area contributed by atoms with Gasteiger partial charge in [-0.15, -0.1) is 0 Å². The number of Topliss-reactive ketones (excluding diaryl/α,β-unsaturated/α-hetero) is 1. The molecule has 0 aliphatic heterocycles. The van der Waals surface area contributed by atoms with Crippen LogP contribution in [0.3, 0.4) is 0 Å². The molecule has 0 saturated heterocycles. The molecule has 0 saturated carbocycles. The fraction of sp³-hybridized carbons (Fsp3) is 0.500. The summed E-state index contributed by atoms with van der Waals surface area (Å²) in [5, 5.41) is 9.64. The van der Waals surface area contributed by atoms with Crippen LogP contribution in [0.5, 0.6) is 5.75 Å². The van der Waals surface area contributed by atoms with Gasteiger partial charge in [0.15, 0.2) is 12.1 Å². The van der Waals surface area contributed by atoms with E-state index in [4.69, 9.17) is 14.2 Å². The Morgan fingerprint density at radius 2 is 1.74 bits per heavy atom. The van der Waals surface area contributed by atoms with Crippen LogP contribution in [0.1, 0.15) is 24.2 Å². The van der Waals surface area contributed by atoms with Crippen molar-refractivity contribution in [1.82, 2.24) is 0 Å². The number of benzene rings is 1. The van der Waals surface area contributed by atoms with E-state index in [0.29, 0.717) is 11.3 Å². The van der Waals surface area contributed by atoms with E-state index in [-0.39, 0.29) is 12.4 Å².